The van der Waals surface area contributed by atoms with Gasteiger partial charge < -0.3 is 4.74 Å². The van der Waals surface area contributed by atoms with E-state index >= 15 is 0 Å². The molecule has 2 aromatic rings. The van der Waals surface area contributed by atoms with Crippen LogP contribution in [0.4, 0.5) is 13.2 Å². The van der Waals surface area contributed by atoms with Crippen molar-refractivity contribution in [2.24, 2.45) is 0 Å². The monoisotopic (exact) mass is 344 g/mol. The molecule has 9 heteroatoms. The fraction of sp³-hybridized carbons (Fsp3) is 0.500. The van der Waals surface area contributed by atoms with Crippen molar-refractivity contribution in [3.05, 3.63) is 35.0 Å². The molecule has 0 unspecified atom stereocenters. The van der Waals surface area contributed by atoms with Gasteiger partial charge in [0.15, 0.2) is 0 Å². The normalized spacial score (nSPS) is 17.3. The molecule has 0 amide bonds. The van der Waals surface area contributed by atoms with Gasteiger partial charge >= 0.3 is 6.18 Å². The zero-order chi connectivity index (χ0) is 16.3. The maximum atomic E-state index is 12.5. The van der Waals surface area contributed by atoms with E-state index in [1.807, 2.05) is 0 Å². The first kappa shape index (κ1) is 16.1. The Balaban J connectivity index is 1.48. The topological polar surface area (TPSA) is 51.1 Å². The van der Waals surface area contributed by atoms with E-state index in [4.69, 9.17) is 4.74 Å². The van der Waals surface area contributed by atoms with Crippen molar-refractivity contribution >= 4 is 11.5 Å². The van der Waals surface area contributed by atoms with E-state index in [2.05, 4.69) is 19.5 Å². The van der Waals surface area contributed by atoms with Gasteiger partial charge in [0, 0.05) is 31.9 Å². The molecule has 0 spiro atoms. The molecule has 0 aromatic carbocycles. The SMILES string of the molecule is FC(F)(F)c1ccc(OC2CCN(Cc3cnns3)CC2)nc1. The first-order valence-corrected chi connectivity index (χ1v) is 7.96. The average Bonchev–Trinajstić information content (AvgIpc) is 3.02. The van der Waals surface area contributed by atoms with Crippen molar-refractivity contribution in [2.45, 2.75) is 31.7 Å². The quantitative estimate of drug-likeness (QED) is 0.853. The standard InChI is InChI=1S/C14H15F3N4OS/c15-14(16,17)10-1-2-13(18-7-10)22-11-3-5-21(6-4-11)9-12-8-19-20-23-12/h1-2,7-8,11H,3-6,9H2. The number of likely N-dealkylation sites (tertiary alicyclic amines) is 1. The second kappa shape index (κ2) is 6.79. The van der Waals surface area contributed by atoms with Crippen molar-refractivity contribution in [3.8, 4) is 5.88 Å². The van der Waals surface area contributed by atoms with Crippen molar-refractivity contribution in [1.29, 1.82) is 0 Å². The molecular formula is C14H15F3N4OS. The fourth-order valence-electron chi connectivity index (χ4n) is 2.45. The first-order valence-electron chi connectivity index (χ1n) is 7.19. The lowest BCUT2D eigenvalue weighted by molar-refractivity contribution is -0.137. The predicted molar refractivity (Wildman–Crippen MR) is 78.1 cm³/mol. The molecule has 2 aromatic heterocycles. The minimum absolute atomic E-state index is 0.0185. The Morgan fingerprint density at radius 2 is 2.00 bits per heavy atom. The highest BCUT2D eigenvalue weighted by atomic mass is 32.1. The predicted octanol–water partition coefficient (Wildman–Crippen LogP) is 3.00. The molecule has 1 fully saturated rings. The number of aromatic nitrogens is 3. The molecule has 0 aliphatic carbocycles. The Morgan fingerprint density at radius 1 is 1.22 bits per heavy atom. The minimum atomic E-state index is -4.37. The summed E-state index contributed by atoms with van der Waals surface area (Å²) < 4.78 is 47.0. The van der Waals surface area contributed by atoms with E-state index in [1.54, 1.807) is 6.20 Å². The van der Waals surface area contributed by atoms with Crippen LogP contribution in [0.2, 0.25) is 0 Å². The number of hydrogen-bond donors (Lipinski definition) is 0. The maximum absolute atomic E-state index is 12.5. The molecule has 5 nitrogen and oxygen atoms in total. The molecule has 3 rings (SSSR count). The number of hydrogen-bond acceptors (Lipinski definition) is 6. The lowest BCUT2D eigenvalue weighted by Crippen LogP contribution is -2.37. The van der Waals surface area contributed by atoms with Crippen LogP contribution in [0.15, 0.2) is 24.5 Å². The molecule has 1 aliphatic heterocycles. The van der Waals surface area contributed by atoms with Crippen molar-refractivity contribution in [1.82, 2.24) is 19.5 Å². The van der Waals surface area contributed by atoms with E-state index in [0.717, 1.165) is 49.6 Å². The Bertz CT molecular complexity index is 610. The molecule has 3 heterocycles. The largest absolute Gasteiger partial charge is 0.474 e. The van der Waals surface area contributed by atoms with Gasteiger partial charge in [-0.2, -0.15) is 13.2 Å². The zero-order valence-electron chi connectivity index (χ0n) is 12.2. The molecule has 0 radical (unpaired) electrons. The van der Waals surface area contributed by atoms with E-state index in [-0.39, 0.29) is 12.0 Å². The highest BCUT2D eigenvalue weighted by Gasteiger charge is 2.31. The summed E-state index contributed by atoms with van der Waals surface area (Å²) in [4.78, 5) is 7.15. The molecular weight excluding hydrogens is 329 g/mol. The van der Waals surface area contributed by atoms with Crippen LogP contribution < -0.4 is 4.74 Å². The summed E-state index contributed by atoms with van der Waals surface area (Å²) in [7, 11) is 0. The number of alkyl halides is 3. The van der Waals surface area contributed by atoms with Gasteiger partial charge in [0.25, 0.3) is 0 Å². The summed E-state index contributed by atoms with van der Waals surface area (Å²) in [5.41, 5.74) is -0.766. The van der Waals surface area contributed by atoms with E-state index in [1.165, 1.54) is 17.6 Å². The number of ether oxygens (including phenoxy) is 1. The maximum Gasteiger partial charge on any atom is 0.417 e. The van der Waals surface area contributed by atoms with Crippen LogP contribution in [0.25, 0.3) is 0 Å². The van der Waals surface area contributed by atoms with Gasteiger partial charge in [-0.25, -0.2) is 4.98 Å². The molecule has 0 saturated carbocycles. The number of pyridine rings is 1. The lowest BCUT2D eigenvalue weighted by atomic mass is 10.1. The third-order valence-electron chi connectivity index (χ3n) is 3.67. The average molecular weight is 344 g/mol. The van der Waals surface area contributed by atoms with Crippen LogP contribution in [0.1, 0.15) is 23.3 Å². The lowest BCUT2D eigenvalue weighted by Gasteiger charge is -2.31. The van der Waals surface area contributed by atoms with Crippen LogP contribution in [0.3, 0.4) is 0 Å². The number of nitrogens with zero attached hydrogens (tertiary/aromatic N) is 4. The van der Waals surface area contributed by atoms with Gasteiger partial charge in [0.05, 0.1) is 16.6 Å². The van der Waals surface area contributed by atoms with Gasteiger partial charge in [-0.3, -0.25) is 4.90 Å². The van der Waals surface area contributed by atoms with E-state index in [9.17, 15) is 13.2 Å². The summed E-state index contributed by atoms with van der Waals surface area (Å²) in [5, 5.41) is 3.81. The Morgan fingerprint density at radius 3 is 2.57 bits per heavy atom. The molecule has 1 saturated heterocycles. The van der Waals surface area contributed by atoms with Crippen LogP contribution in [-0.2, 0) is 12.7 Å². The zero-order valence-corrected chi connectivity index (χ0v) is 13.0. The third-order valence-corrected chi connectivity index (χ3v) is 4.32. The van der Waals surface area contributed by atoms with Crippen LogP contribution in [0.5, 0.6) is 5.88 Å². The molecule has 0 bridgehead atoms. The summed E-state index contributed by atoms with van der Waals surface area (Å²) in [6.07, 6.45) is -0.192. The molecule has 124 valence electrons. The fourth-order valence-corrected chi connectivity index (χ4v) is 2.99. The molecule has 0 N–H and O–H groups in total. The Labute approximate surface area is 135 Å². The van der Waals surface area contributed by atoms with Crippen molar-refractivity contribution in [3.63, 3.8) is 0 Å². The van der Waals surface area contributed by atoms with Gasteiger partial charge in [0.2, 0.25) is 5.88 Å². The molecule has 0 atom stereocenters. The summed E-state index contributed by atoms with van der Waals surface area (Å²) in [6, 6.07) is 2.27. The van der Waals surface area contributed by atoms with E-state index < -0.39 is 11.7 Å². The Hall–Kier alpha value is -1.74. The van der Waals surface area contributed by atoms with Gasteiger partial charge in [-0.05, 0) is 30.4 Å². The minimum Gasteiger partial charge on any atom is -0.474 e. The van der Waals surface area contributed by atoms with Gasteiger partial charge in [-0.15, -0.1) is 5.10 Å². The second-order valence-corrected chi connectivity index (χ2v) is 6.23. The summed E-state index contributed by atoms with van der Waals surface area (Å²) >= 11 is 1.39. The molecule has 23 heavy (non-hydrogen) atoms. The second-order valence-electron chi connectivity index (χ2n) is 5.36. The van der Waals surface area contributed by atoms with Gasteiger partial charge in [0.1, 0.15) is 6.10 Å². The van der Waals surface area contributed by atoms with Crippen LogP contribution >= 0.6 is 11.5 Å². The molecule has 1 aliphatic rings. The van der Waals surface area contributed by atoms with Gasteiger partial charge in [-0.1, -0.05) is 4.49 Å². The van der Waals surface area contributed by atoms with Crippen molar-refractivity contribution < 1.29 is 17.9 Å². The highest BCUT2D eigenvalue weighted by molar-refractivity contribution is 7.05. The van der Waals surface area contributed by atoms with Crippen molar-refractivity contribution in [2.75, 3.05) is 13.1 Å². The first-order chi connectivity index (χ1) is 11.0. The number of piperidine rings is 1. The highest BCUT2D eigenvalue weighted by Crippen LogP contribution is 2.29. The Kier molecular flexibility index (Phi) is 4.76. The summed E-state index contributed by atoms with van der Waals surface area (Å²) in [6.45, 7) is 2.55. The van der Waals surface area contributed by atoms with Crippen LogP contribution in [0, 0.1) is 0 Å². The van der Waals surface area contributed by atoms with E-state index in [0.29, 0.717) is 0 Å². The smallest absolute Gasteiger partial charge is 0.417 e. The third kappa shape index (κ3) is 4.38. The van der Waals surface area contributed by atoms with Crippen LogP contribution in [-0.4, -0.2) is 38.7 Å². The number of rotatable bonds is 4. The number of halogens is 3. The summed E-state index contributed by atoms with van der Waals surface area (Å²) in [5.74, 6) is 0.239.